The minimum absolute atomic E-state index is 0.0139. The summed E-state index contributed by atoms with van der Waals surface area (Å²) in [6.45, 7) is 4.18. The van der Waals surface area contributed by atoms with Crippen LogP contribution in [-0.2, 0) is 28.4 Å². The molecule has 1 N–H and O–H groups in total. The number of aromatic nitrogens is 2. The van der Waals surface area contributed by atoms with Gasteiger partial charge in [-0.05, 0) is 32.1 Å². The van der Waals surface area contributed by atoms with Crippen LogP contribution in [0.1, 0.15) is 54.9 Å². The molecule has 3 rings (SSSR count). The fourth-order valence-corrected chi connectivity index (χ4v) is 4.07. The van der Waals surface area contributed by atoms with Crippen molar-refractivity contribution in [1.82, 2.24) is 9.78 Å². The number of aliphatic hydroxyl groups excluding tert-OH is 1. The Hall–Kier alpha value is -2.11. The van der Waals surface area contributed by atoms with E-state index in [0.29, 0.717) is 30.7 Å². The average Bonchev–Trinajstić information content (AvgIpc) is 2.85. The van der Waals surface area contributed by atoms with Crippen molar-refractivity contribution in [2.75, 3.05) is 6.61 Å². The minimum Gasteiger partial charge on any atom is -0.515 e. The lowest BCUT2D eigenvalue weighted by Crippen LogP contribution is -2.43. The van der Waals surface area contributed by atoms with Gasteiger partial charge >= 0.3 is 5.97 Å². The van der Waals surface area contributed by atoms with E-state index in [1.807, 2.05) is 0 Å². The summed E-state index contributed by atoms with van der Waals surface area (Å²) >= 11 is 0. The quantitative estimate of drug-likeness (QED) is 0.514. The number of aliphatic hydroxyl groups is 1. The maximum Gasteiger partial charge on any atom is 0.356 e. The highest BCUT2D eigenvalue weighted by molar-refractivity contribution is 5.97. The summed E-state index contributed by atoms with van der Waals surface area (Å²) in [5.41, 5.74) is 2.41. The summed E-state index contributed by atoms with van der Waals surface area (Å²) < 4.78 is 6.75. The van der Waals surface area contributed by atoms with Crippen LogP contribution in [0.2, 0.25) is 0 Å². The molecule has 0 bridgehead atoms. The summed E-state index contributed by atoms with van der Waals surface area (Å²) in [5.74, 6) is -0.147. The average molecular weight is 318 g/mol. The Morgan fingerprint density at radius 1 is 1.57 bits per heavy atom. The number of carbonyl (C=O) groups excluding carboxylic acids is 2. The Labute approximate surface area is 135 Å². The third-order valence-corrected chi connectivity index (χ3v) is 5.30. The fraction of sp³-hybridized carbons (Fsp3) is 0.588. The van der Waals surface area contributed by atoms with Crippen LogP contribution < -0.4 is 0 Å². The van der Waals surface area contributed by atoms with Crippen LogP contribution in [0.5, 0.6) is 0 Å². The highest BCUT2D eigenvalue weighted by Gasteiger charge is 2.49. The topological polar surface area (TPSA) is 81.4 Å². The maximum atomic E-state index is 12.2. The zero-order valence-electron chi connectivity index (χ0n) is 13.8. The molecule has 1 heterocycles. The lowest BCUT2D eigenvalue weighted by molar-refractivity contribution is -0.119. The van der Waals surface area contributed by atoms with E-state index in [1.165, 1.54) is 0 Å². The first-order valence-corrected chi connectivity index (χ1v) is 8.02. The lowest BCUT2D eigenvalue weighted by Gasteiger charge is -2.44. The van der Waals surface area contributed by atoms with Crippen molar-refractivity contribution in [3.05, 3.63) is 28.8 Å². The van der Waals surface area contributed by atoms with Crippen molar-refractivity contribution in [1.29, 1.82) is 0 Å². The highest BCUT2D eigenvalue weighted by Crippen LogP contribution is 2.50. The molecule has 6 heteroatoms. The summed E-state index contributed by atoms with van der Waals surface area (Å²) in [4.78, 5) is 24.3. The summed E-state index contributed by atoms with van der Waals surface area (Å²) in [6.07, 6.45) is 3.37. The molecular weight excluding hydrogens is 296 g/mol. The van der Waals surface area contributed by atoms with Gasteiger partial charge in [-0.15, -0.1) is 0 Å². The SMILES string of the molecule is CCOC(=O)c1c2c(nn1C)C1(C)C/C(=C/O)C(=O)CC1CC2. The number of hydrogen-bond acceptors (Lipinski definition) is 5. The van der Waals surface area contributed by atoms with Gasteiger partial charge in [0.15, 0.2) is 5.78 Å². The zero-order chi connectivity index (χ0) is 16.8. The largest absolute Gasteiger partial charge is 0.515 e. The van der Waals surface area contributed by atoms with Gasteiger partial charge in [0.1, 0.15) is 5.69 Å². The first kappa shape index (κ1) is 15.8. The minimum atomic E-state index is -0.351. The Kier molecular flexibility index (Phi) is 3.78. The normalized spacial score (nSPS) is 28.4. The number of esters is 1. The standard InChI is InChI=1S/C17H22N2O4/c1-4-23-16(22)14-12-6-5-11-7-13(21)10(9-20)8-17(11,2)15(12)18-19(14)3/h9,11,20H,4-8H2,1-3H3/b10-9-. The van der Waals surface area contributed by atoms with Gasteiger partial charge in [0, 0.05) is 30.0 Å². The Morgan fingerprint density at radius 2 is 2.30 bits per heavy atom. The second kappa shape index (κ2) is 5.51. The monoisotopic (exact) mass is 318 g/mol. The van der Waals surface area contributed by atoms with Gasteiger partial charge in [0.05, 0.1) is 18.6 Å². The Bertz CT molecular complexity index is 704. The summed E-state index contributed by atoms with van der Waals surface area (Å²) in [5, 5.41) is 13.9. The van der Waals surface area contributed by atoms with E-state index >= 15 is 0 Å². The van der Waals surface area contributed by atoms with Gasteiger partial charge < -0.3 is 9.84 Å². The van der Waals surface area contributed by atoms with Gasteiger partial charge in [-0.3, -0.25) is 9.48 Å². The van der Waals surface area contributed by atoms with Gasteiger partial charge in [0.2, 0.25) is 0 Å². The van der Waals surface area contributed by atoms with Gasteiger partial charge in [0.25, 0.3) is 0 Å². The van der Waals surface area contributed by atoms with E-state index in [2.05, 4.69) is 12.0 Å². The van der Waals surface area contributed by atoms with E-state index in [1.54, 1.807) is 18.7 Å². The van der Waals surface area contributed by atoms with Gasteiger partial charge in [-0.25, -0.2) is 4.79 Å². The summed E-state index contributed by atoms with van der Waals surface area (Å²) in [7, 11) is 1.75. The predicted octanol–water partition coefficient (Wildman–Crippen LogP) is 2.22. The van der Waals surface area contributed by atoms with Crippen molar-refractivity contribution in [2.45, 2.75) is 44.9 Å². The van der Waals surface area contributed by atoms with Crippen molar-refractivity contribution >= 4 is 11.8 Å². The molecule has 23 heavy (non-hydrogen) atoms. The molecule has 0 spiro atoms. The predicted molar refractivity (Wildman–Crippen MR) is 83.3 cm³/mol. The second-order valence-corrected chi connectivity index (χ2v) is 6.63. The maximum absolute atomic E-state index is 12.2. The fourth-order valence-electron chi connectivity index (χ4n) is 4.07. The Morgan fingerprint density at radius 3 is 2.96 bits per heavy atom. The number of fused-ring (bicyclic) bond motifs is 3. The molecule has 2 atom stereocenters. The van der Waals surface area contributed by atoms with Crippen LogP contribution >= 0.6 is 0 Å². The molecule has 0 aromatic carbocycles. The van der Waals surface area contributed by atoms with Crippen molar-refractivity contribution in [2.24, 2.45) is 13.0 Å². The number of allylic oxidation sites excluding steroid dienone is 1. The van der Waals surface area contributed by atoms with Crippen LogP contribution in [0.4, 0.5) is 0 Å². The van der Waals surface area contributed by atoms with E-state index in [-0.39, 0.29) is 23.1 Å². The molecule has 1 fully saturated rings. The van der Waals surface area contributed by atoms with E-state index < -0.39 is 0 Å². The number of nitrogens with zero attached hydrogens (tertiary/aromatic N) is 2. The molecule has 1 aromatic heterocycles. The first-order chi connectivity index (χ1) is 10.9. The zero-order valence-corrected chi connectivity index (χ0v) is 13.8. The number of carbonyl (C=O) groups is 2. The van der Waals surface area contributed by atoms with Crippen LogP contribution in [0.3, 0.4) is 0 Å². The molecule has 2 aliphatic rings. The third-order valence-electron chi connectivity index (χ3n) is 5.30. The smallest absolute Gasteiger partial charge is 0.356 e. The van der Waals surface area contributed by atoms with Gasteiger partial charge in [-0.1, -0.05) is 6.92 Å². The number of ether oxygens (including phenoxy) is 1. The number of hydrogen-bond donors (Lipinski definition) is 1. The molecule has 0 amide bonds. The van der Waals surface area contributed by atoms with Crippen LogP contribution in [0.15, 0.2) is 11.8 Å². The van der Waals surface area contributed by atoms with E-state index in [0.717, 1.165) is 30.4 Å². The van der Waals surface area contributed by atoms with Crippen molar-refractivity contribution in [3.8, 4) is 0 Å². The molecule has 2 unspecified atom stereocenters. The third kappa shape index (κ3) is 2.28. The van der Waals surface area contributed by atoms with Crippen molar-refractivity contribution < 1.29 is 19.4 Å². The number of ketones is 1. The molecule has 1 aromatic rings. The molecule has 0 aliphatic heterocycles. The first-order valence-electron chi connectivity index (χ1n) is 8.02. The van der Waals surface area contributed by atoms with Gasteiger partial charge in [-0.2, -0.15) is 5.10 Å². The Balaban J connectivity index is 2.08. The van der Waals surface area contributed by atoms with E-state index in [4.69, 9.17) is 4.74 Å². The number of rotatable bonds is 2. The van der Waals surface area contributed by atoms with Crippen LogP contribution in [0.25, 0.3) is 0 Å². The van der Waals surface area contributed by atoms with Crippen molar-refractivity contribution in [3.63, 3.8) is 0 Å². The number of aryl methyl sites for hydroxylation is 1. The van der Waals surface area contributed by atoms with Crippen LogP contribution in [0, 0.1) is 5.92 Å². The number of Topliss-reactive ketones (excluding diaryl/α,β-unsaturated/α-hetero) is 1. The molecular formula is C17H22N2O4. The molecule has 0 saturated heterocycles. The summed E-state index contributed by atoms with van der Waals surface area (Å²) in [6, 6.07) is 0. The lowest BCUT2D eigenvalue weighted by atomic mass is 9.59. The molecule has 124 valence electrons. The van der Waals surface area contributed by atoms with E-state index in [9.17, 15) is 14.7 Å². The molecule has 0 radical (unpaired) electrons. The second-order valence-electron chi connectivity index (χ2n) is 6.63. The highest BCUT2D eigenvalue weighted by atomic mass is 16.5. The molecule has 2 aliphatic carbocycles. The molecule has 6 nitrogen and oxygen atoms in total. The van der Waals surface area contributed by atoms with Crippen LogP contribution in [-0.4, -0.2) is 33.2 Å². The molecule has 1 saturated carbocycles.